The smallest absolute Gasteiger partial charge is 0.309 e. The van der Waals surface area contributed by atoms with Gasteiger partial charge in [-0.25, -0.2) is 0 Å². The molecule has 2 aromatic rings. The summed E-state index contributed by atoms with van der Waals surface area (Å²) in [5.41, 5.74) is 0.325. The molecule has 0 spiro atoms. The summed E-state index contributed by atoms with van der Waals surface area (Å²) in [6, 6.07) is 13.7. The molecule has 2 aromatic carbocycles. The monoisotopic (exact) mass is 360 g/mol. The average molecular weight is 361 g/mol. The van der Waals surface area contributed by atoms with Gasteiger partial charge in [0, 0.05) is 16.1 Å². The molecule has 5 heteroatoms. The molecule has 0 saturated heterocycles. The zero-order valence-corrected chi connectivity index (χ0v) is 15.0. The lowest BCUT2D eigenvalue weighted by molar-refractivity contribution is -0.147. The third kappa shape index (κ3) is 5.33. The highest BCUT2D eigenvalue weighted by Gasteiger charge is 2.26. The number of halogens is 1. The van der Waals surface area contributed by atoms with Crippen molar-refractivity contribution in [3.05, 3.63) is 64.7 Å². The number of carboxylic acids is 1. The fraction of sp³-hybridized carbons (Fsp3) is 0.300. The Morgan fingerprint density at radius 3 is 2.40 bits per heavy atom. The van der Waals surface area contributed by atoms with Gasteiger partial charge in [0.15, 0.2) is 5.78 Å². The van der Waals surface area contributed by atoms with Gasteiger partial charge in [-0.1, -0.05) is 23.7 Å². The van der Waals surface area contributed by atoms with E-state index in [2.05, 4.69) is 0 Å². The lowest BCUT2D eigenvalue weighted by Gasteiger charge is -2.18. The van der Waals surface area contributed by atoms with Crippen LogP contribution in [0.5, 0.6) is 5.75 Å². The highest BCUT2D eigenvalue weighted by Crippen LogP contribution is 2.23. The molecule has 0 aliphatic carbocycles. The second-order valence-corrected chi connectivity index (χ2v) is 6.94. The van der Waals surface area contributed by atoms with Crippen LogP contribution in [0.1, 0.15) is 42.6 Å². The number of aliphatic carboxylic acids is 1. The maximum atomic E-state index is 12.5. The van der Waals surface area contributed by atoms with Crippen LogP contribution in [0.4, 0.5) is 0 Å². The van der Waals surface area contributed by atoms with Crippen molar-refractivity contribution >= 4 is 23.4 Å². The van der Waals surface area contributed by atoms with Gasteiger partial charge in [0.25, 0.3) is 0 Å². The van der Waals surface area contributed by atoms with Crippen molar-refractivity contribution in [3.8, 4) is 5.75 Å². The van der Waals surface area contributed by atoms with E-state index < -0.39 is 11.4 Å². The molecule has 0 radical (unpaired) electrons. The summed E-state index contributed by atoms with van der Waals surface area (Å²) >= 11 is 5.84. The number of benzene rings is 2. The Morgan fingerprint density at radius 1 is 1.08 bits per heavy atom. The van der Waals surface area contributed by atoms with Gasteiger partial charge in [0.1, 0.15) is 5.75 Å². The second kappa shape index (κ2) is 8.17. The zero-order valence-electron chi connectivity index (χ0n) is 14.3. The van der Waals surface area contributed by atoms with E-state index in [0.29, 0.717) is 41.3 Å². The second-order valence-electron chi connectivity index (χ2n) is 6.50. The van der Waals surface area contributed by atoms with E-state index in [9.17, 15) is 9.59 Å². The first-order chi connectivity index (χ1) is 11.8. The van der Waals surface area contributed by atoms with E-state index in [-0.39, 0.29) is 5.78 Å². The number of ketones is 1. The molecule has 1 N–H and O–H groups in total. The van der Waals surface area contributed by atoms with Gasteiger partial charge in [0.05, 0.1) is 12.0 Å². The quantitative estimate of drug-likeness (QED) is 0.540. The summed E-state index contributed by atoms with van der Waals surface area (Å²) in [6.45, 7) is 3.79. The molecular weight excluding hydrogens is 340 g/mol. The van der Waals surface area contributed by atoms with E-state index >= 15 is 0 Å². The lowest BCUT2D eigenvalue weighted by Crippen LogP contribution is -2.24. The fourth-order valence-corrected chi connectivity index (χ4v) is 2.43. The van der Waals surface area contributed by atoms with Crippen molar-refractivity contribution in [2.24, 2.45) is 5.41 Å². The molecule has 132 valence electrons. The largest absolute Gasteiger partial charge is 0.494 e. The van der Waals surface area contributed by atoms with E-state index in [0.717, 1.165) is 0 Å². The summed E-state index contributed by atoms with van der Waals surface area (Å²) in [6.07, 6.45) is 1.14. The molecule has 0 aliphatic rings. The molecule has 0 atom stereocenters. The molecule has 0 amide bonds. The molecule has 0 fully saturated rings. The maximum absolute atomic E-state index is 12.5. The minimum absolute atomic E-state index is 0.103. The number of carboxylic acid groups (broad SMARTS) is 1. The summed E-state index contributed by atoms with van der Waals surface area (Å²) < 4.78 is 5.66. The highest BCUT2D eigenvalue weighted by molar-refractivity contribution is 6.30. The first-order valence-corrected chi connectivity index (χ1v) is 8.44. The van der Waals surface area contributed by atoms with Crippen LogP contribution >= 0.6 is 11.6 Å². The number of ether oxygens (including phenoxy) is 1. The molecule has 0 unspecified atom stereocenters. The fourth-order valence-electron chi connectivity index (χ4n) is 2.31. The third-order valence-corrected chi connectivity index (χ3v) is 4.25. The number of carbonyl (C=O) groups excluding carboxylic acids is 1. The minimum Gasteiger partial charge on any atom is -0.494 e. The Labute approximate surface area is 152 Å². The Hall–Kier alpha value is -2.33. The van der Waals surface area contributed by atoms with Crippen LogP contribution in [0.25, 0.3) is 0 Å². The summed E-state index contributed by atoms with van der Waals surface area (Å²) in [7, 11) is 0. The lowest BCUT2D eigenvalue weighted by atomic mass is 9.88. The number of hydrogen-bond acceptors (Lipinski definition) is 3. The molecule has 2 rings (SSSR count). The third-order valence-electron chi connectivity index (χ3n) is 4.00. The topological polar surface area (TPSA) is 63.6 Å². The van der Waals surface area contributed by atoms with Crippen LogP contribution in [0.15, 0.2) is 48.5 Å². The van der Waals surface area contributed by atoms with Gasteiger partial charge in [-0.15, -0.1) is 0 Å². The van der Waals surface area contributed by atoms with Gasteiger partial charge in [-0.05, 0) is 63.1 Å². The van der Waals surface area contributed by atoms with Crippen LogP contribution in [-0.4, -0.2) is 23.5 Å². The number of carbonyl (C=O) groups is 2. The first-order valence-electron chi connectivity index (χ1n) is 8.06. The van der Waals surface area contributed by atoms with Crippen molar-refractivity contribution in [2.75, 3.05) is 6.61 Å². The molecule has 0 saturated carbocycles. The predicted molar refractivity (Wildman–Crippen MR) is 97.5 cm³/mol. The summed E-state index contributed by atoms with van der Waals surface area (Å²) in [4.78, 5) is 23.6. The number of hydrogen-bond donors (Lipinski definition) is 1. The molecule has 0 bridgehead atoms. The van der Waals surface area contributed by atoms with Crippen molar-refractivity contribution in [1.82, 2.24) is 0 Å². The van der Waals surface area contributed by atoms with Gasteiger partial charge < -0.3 is 9.84 Å². The summed E-state index contributed by atoms with van der Waals surface area (Å²) in [5.74, 6) is -0.329. The normalized spacial score (nSPS) is 11.2. The Morgan fingerprint density at radius 2 is 1.76 bits per heavy atom. The van der Waals surface area contributed by atoms with Gasteiger partial charge in [-0.3, -0.25) is 9.59 Å². The van der Waals surface area contributed by atoms with Gasteiger partial charge in [-0.2, -0.15) is 0 Å². The van der Waals surface area contributed by atoms with Crippen LogP contribution in [0.2, 0.25) is 5.02 Å². The van der Waals surface area contributed by atoms with E-state index in [4.69, 9.17) is 21.4 Å². The van der Waals surface area contributed by atoms with Crippen LogP contribution < -0.4 is 4.74 Å². The van der Waals surface area contributed by atoms with Crippen molar-refractivity contribution in [2.45, 2.75) is 26.7 Å². The van der Waals surface area contributed by atoms with Crippen LogP contribution in [-0.2, 0) is 4.79 Å². The maximum Gasteiger partial charge on any atom is 0.309 e. The zero-order chi connectivity index (χ0) is 18.4. The van der Waals surface area contributed by atoms with Crippen molar-refractivity contribution < 1.29 is 19.4 Å². The Balaban J connectivity index is 1.96. The minimum atomic E-state index is -0.817. The van der Waals surface area contributed by atoms with E-state index in [1.165, 1.54) is 0 Å². The van der Waals surface area contributed by atoms with Crippen LogP contribution in [0, 0.1) is 5.41 Å². The Bertz CT molecular complexity index is 751. The predicted octanol–water partition coefficient (Wildman–Crippen LogP) is 4.84. The van der Waals surface area contributed by atoms with E-state index in [1.807, 2.05) is 0 Å². The summed E-state index contributed by atoms with van der Waals surface area (Å²) in [5, 5.41) is 9.68. The van der Waals surface area contributed by atoms with Crippen molar-refractivity contribution in [1.29, 1.82) is 0 Å². The molecule has 4 nitrogen and oxygen atoms in total. The SMILES string of the molecule is CC(C)(CCCOc1cccc(C(=O)c2ccc(Cl)cc2)c1)C(=O)O. The van der Waals surface area contributed by atoms with Gasteiger partial charge >= 0.3 is 5.97 Å². The molecule has 0 aromatic heterocycles. The first kappa shape index (κ1) is 19.0. The van der Waals surface area contributed by atoms with Gasteiger partial charge in [0.2, 0.25) is 0 Å². The molecular formula is C20H21ClO4. The Kier molecular flexibility index (Phi) is 6.21. The van der Waals surface area contributed by atoms with Crippen LogP contribution in [0.3, 0.4) is 0 Å². The molecule has 0 aliphatic heterocycles. The average Bonchev–Trinajstić information content (AvgIpc) is 2.59. The molecule has 0 heterocycles. The number of rotatable bonds is 8. The standard InChI is InChI=1S/C20H21ClO4/c1-20(2,19(23)24)11-4-12-25-17-6-3-5-15(13-17)18(22)14-7-9-16(21)10-8-14/h3,5-10,13H,4,11-12H2,1-2H3,(H,23,24). The van der Waals surface area contributed by atoms with Crippen molar-refractivity contribution in [3.63, 3.8) is 0 Å². The highest BCUT2D eigenvalue weighted by atomic mass is 35.5. The molecule has 25 heavy (non-hydrogen) atoms. The van der Waals surface area contributed by atoms with E-state index in [1.54, 1.807) is 62.4 Å².